The molecule has 0 saturated carbocycles. The van der Waals surface area contributed by atoms with Crippen LogP contribution in [0.15, 0.2) is 48.5 Å². The highest BCUT2D eigenvalue weighted by Crippen LogP contribution is 2.23. The third-order valence-corrected chi connectivity index (χ3v) is 3.72. The van der Waals surface area contributed by atoms with Gasteiger partial charge in [0.05, 0.1) is 0 Å². The number of carbonyl (C=O) groups excluding carboxylic acids is 1. The second-order valence-corrected chi connectivity index (χ2v) is 6.16. The first-order valence-electron chi connectivity index (χ1n) is 8.34. The van der Waals surface area contributed by atoms with E-state index in [4.69, 9.17) is 0 Å². The van der Waals surface area contributed by atoms with Crippen LogP contribution in [0.3, 0.4) is 0 Å². The van der Waals surface area contributed by atoms with E-state index >= 15 is 0 Å². The Morgan fingerprint density at radius 2 is 1.81 bits per heavy atom. The average molecular weight is 381 g/mol. The van der Waals surface area contributed by atoms with Gasteiger partial charge in [0.2, 0.25) is 0 Å². The Hall–Kier alpha value is -2.74. The number of alkyl halides is 2. The van der Waals surface area contributed by atoms with E-state index in [0.29, 0.717) is 19.6 Å². The van der Waals surface area contributed by atoms with Crippen molar-refractivity contribution in [2.24, 2.45) is 0 Å². The summed E-state index contributed by atoms with van der Waals surface area (Å²) in [5, 5.41) is 2.59. The zero-order valence-electron chi connectivity index (χ0n) is 15.2. The maximum Gasteiger partial charge on any atom is 0.387 e. The van der Waals surface area contributed by atoms with Crippen molar-refractivity contribution in [1.29, 1.82) is 0 Å². The van der Waals surface area contributed by atoms with Crippen LogP contribution in [0.25, 0.3) is 0 Å². The van der Waals surface area contributed by atoms with Gasteiger partial charge in [-0.1, -0.05) is 30.3 Å². The molecule has 8 heteroatoms. The summed E-state index contributed by atoms with van der Waals surface area (Å²) >= 11 is 0. The lowest BCUT2D eigenvalue weighted by molar-refractivity contribution is -0.0521. The Balaban J connectivity index is 2.08. The number of urea groups is 1. The van der Waals surface area contributed by atoms with Gasteiger partial charge in [-0.25, -0.2) is 9.18 Å². The van der Waals surface area contributed by atoms with Crippen LogP contribution in [-0.4, -0.2) is 49.6 Å². The summed E-state index contributed by atoms with van der Waals surface area (Å²) in [4.78, 5) is 16.2. The number of rotatable bonds is 8. The van der Waals surface area contributed by atoms with Crippen molar-refractivity contribution in [2.45, 2.75) is 13.2 Å². The minimum absolute atomic E-state index is 0.155. The molecule has 2 amide bonds. The monoisotopic (exact) mass is 381 g/mol. The van der Waals surface area contributed by atoms with Gasteiger partial charge in [-0.3, -0.25) is 0 Å². The van der Waals surface area contributed by atoms with Gasteiger partial charge in [0.1, 0.15) is 0 Å². The largest absolute Gasteiger partial charge is 0.432 e. The van der Waals surface area contributed by atoms with E-state index in [2.05, 4.69) is 10.1 Å². The van der Waals surface area contributed by atoms with E-state index < -0.39 is 24.2 Å². The SMILES string of the molecule is CN(C)CCN(Cc1ccccc1)C(=O)Nc1ccc(OC(F)F)c(F)c1. The molecule has 0 fully saturated rings. The Labute approximate surface area is 156 Å². The van der Waals surface area contributed by atoms with Gasteiger partial charge < -0.3 is 19.9 Å². The third kappa shape index (κ3) is 6.82. The summed E-state index contributed by atoms with van der Waals surface area (Å²) in [6.45, 7) is -1.62. The summed E-state index contributed by atoms with van der Waals surface area (Å²) in [6, 6.07) is 12.4. The van der Waals surface area contributed by atoms with E-state index in [1.54, 1.807) is 4.90 Å². The van der Waals surface area contributed by atoms with Crippen LogP contribution in [0.5, 0.6) is 5.75 Å². The van der Waals surface area contributed by atoms with Crippen LogP contribution in [-0.2, 0) is 6.54 Å². The Morgan fingerprint density at radius 3 is 2.41 bits per heavy atom. The molecule has 27 heavy (non-hydrogen) atoms. The summed E-state index contributed by atoms with van der Waals surface area (Å²) < 4.78 is 42.3. The van der Waals surface area contributed by atoms with Crippen molar-refractivity contribution in [1.82, 2.24) is 9.80 Å². The van der Waals surface area contributed by atoms with Crippen LogP contribution in [0, 0.1) is 5.82 Å². The van der Waals surface area contributed by atoms with Gasteiger partial charge in [-0.2, -0.15) is 8.78 Å². The maximum absolute atomic E-state index is 13.8. The molecule has 0 aromatic heterocycles. The first-order chi connectivity index (χ1) is 12.8. The van der Waals surface area contributed by atoms with Crippen LogP contribution in [0.4, 0.5) is 23.7 Å². The molecule has 0 aliphatic carbocycles. The number of hydrogen-bond donors (Lipinski definition) is 1. The average Bonchev–Trinajstić information content (AvgIpc) is 2.61. The number of carbonyl (C=O) groups is 1. The lowest BCUT2D eigenvalue weighted by Crippen LogP contribution is -2.39. The zero-order valence-corrected chi connectivity index (χ0v) is 15.2. The first kappa shape index (κ1) is 20.6. The molecule has 1 N–H and O–H groups in total. The second-order valence-electron chi connectivity index (χ2n) is 6.16. The van der Waals surface area contributed by atoms with Gasteiger partial charge in [-0.15, -0.1) is 0 Å². The third-order valence-electron chi connectivity index (χ3n) is 3.72. The quantitative estimate of drug-likeness (QED) is 0.751. The van der Waals surface area contributed by atoms with E-state index in [9.17, 15) is 18.0 Å². The highest BCUT2D eigenvalue weighted by molar-refractivity contribution is 5.89. The molecule has 0 atom stereocenters. The van der Waals surface area contributed by atoms with Crippen LogP contribution in [0.1, 0.15) is 5.56 Å². The minimum atomic E-state index is -3.12. The molecule has 0 bridgehead atoms. The summed E-state index contributed by atoms with van der Waals surface area (Å²) in [6.07, 6.45) is 0. The predicted molar refractivity (Wildman–Crippen MR) is 97.5 cm³/mol. The normalized spacial score (nSPS) is 10.9. The van der Waals surface area contributed by atoms with Crippen molar-refractivity contribution < 1.29 is 22.7 Å². The van der Waals surface area contributed by atoms with E-state index in [-0.39, 0.29) is 5.69 Å². The predicted octanol–water partition coefficient (Wildman–Crippen LogP) is 4.02. The van der Waals surface area contributed by atoms with Crippen LogP contribution in [0.2, 0.25) is 0 Å². The molecular formula is C19H22F3N3O2. The molecule has 0 saturated heterocycles. The van der Waals surface area contributed by atoms with Crippen LogP contribution >= 0.6 is 0 Å². The number of hydrogen-bond acceptors (Lipinski definition) is 3. The van der Waals surface area contributed by atoms with E-state index in [1.165, 1.54) is 6.07 Å². The molecule has 5 nitrogen and oxygen atoms in total. The molecule has 0 heterocycles. The number of likely N-dealkylation sites (N-methyl/N-ethyl adjacent to an activating group) is 1. The van der Waals surface area contributed by atoms with Gasteiger partial charge in [-0.05, 0) is 31.8 Å². The lowest BCUT2D eigenvalue weighted by Gasteiger charge is -2.25. The lowest BCUT2D eigenvalue weighted by atomic mass is 10.2. The van der Waals surface area contributed by atoms with E-state index in [1.807, 2.05) is 49.3 Å². The smallest absolute Gasteiger partial charge is 0.387 e. The molecule has 2 rings (SSSR count). The number of anilines is 1. The topological polar surface area (TPSA) is 44.8 Å². The van der Waals surface area contributed by atoms with Gasteiger partial charge in [0.25, 0.3) is 0 Å². The highest BCUT2D eigenvalue weighted by atomic mass is 19.3. The van der Waals surface area contributed by atoms with Crippen LogP contribution < -0.4 is 10.1 Å². The molecule has 0 spiro atoms. The fourth-order valence-corrected chi connectivity index (χ4v) is 2.35. The summed E-state index contributed by atoms with van der Waals surface area (Å²) in [5.74, 6) is -1.55. The minimum Gasteiger partial charge on any atom is -0.432 e. The number of amides is 2. The highest BCUT2D eigenvalue weighted by Gasteiger charge is 2.16. The summed E-state index contributed by atoms with van der Waals surface area (Å²) in [7, 11) is 3.80. The molecule has 2 aromatic rings. The second kappa shape index (κ2) is 9.82. The standard InChI is InChI=1S/C19H22F3N3O2/c1-24(2)10-11-25(13-14-6-4-3-5-7-14)19(26)23-15-8-9-17(16(20)12-15)27-18(21)22/h3-9,12,18H,10-11,13H2,1-2H3,(H,23,26). The van der Waals surface area contributed by atoms with E-state index in [0.717, 1.165) is 17.7 Å². The molecule has 2 aromatic carbocycles. The Kier molecular flexibility index (Phi) is 7.48. The Morgan fingerprint density at radius 1 is 1.11 bits per heavy atom. The number of ether oxygens (including phenoxy) is 1. The van der Waals surface area contributed by atoms with Crippen molar-refractivity contribution in [3.8, 4) is 5.75 Å². The molecule has 0 aliphatic heterocycles. The Bertz CT molecular complexity index is 742. The number of benzene rings is 2. The number of halogens is 3. The van der Waals surface area contributed by atoms with Gasteiger partial charge in [0.15, 0.2) is 11.6 Å². The molecule has 0 aliphatic rings. The molecule has 146 valence electrons. The fraction of sp³-hybridized carbons (Fsp3) is 0.316. The van der Waals surface area contributed by atoms with Gasteiger partial charge in [0, 0.05) is 31.4 Å². The summed E-state index contributed by atoms with van der Waals surface area (Å²) in [5.41, 5.74) is 1.11. The first-order valence-corrected chi connectivity index (χ1v) is 8.34. The van der Waals surface area contributed by atoms with Gasteiger partial charge >= 0.3 is 12.6 Å². The number of nitrogens with one attached hydrogen (secondary N) is 1. The maximum atomic E-state index is 13.8. The van der Waals surface area contributed by atoms with Crippen molar-refractivity contribution in [3.05, 3.63) is 59.9 Å². The zero-order chi connectivity index (χ0) is 19.8. The number of nitrogens with zero attached hydrogens (tertiary/aromatic N) is 2. The van der Waals surface area contributed by atoms with Crippen molar-refractivity contribution in [2.75, 3.05) is 32.5 Å². The molecule has 0 radical (unpaired) electrons. The van der Waals surface area contributed by atoms with Crippen molar-refractivity contribution in [3.63, 3.8) is 0 Å². The molecular weight excluding hydrogens is 359 g/mol. The molecule has 0 unspecified atom stereocenters. The van der Waals surface area contributed by atoms with Crippen molar-refractivity contribution >= 4 is 11.7 Å². The fourth-order valence-electron chi connectivity index (χ4n) is 2.35.